The predicted octanol–water partition coefficient (Wildman–Crippen LogP) is -1.48. The molecule has 17 N–H and O–H groups in total. The maximum atomic E-state index is 14.2. The summed E-state index contributed by atoms with van der Waals surface area (Å²) in [5.74, 6) is -6.02. The number of carbonyl (C=O) groups is 9. The molecule has 9 amide bonds. The highest BCUT2D eigenvalue weighted by Gasteiger charge is 2.35. The van der Waals surface area contributed by atoms with Crippen molar-refractivity contribution < 1.29 is 43.2 Å². The zero-order valence-corrected chi connectivity index (χ0v) is 42.6. The first-order valence-electron chi connectivity index (χ1n) is 25.1. The number of rotatable bonds is 23. The van der Waals surface area contributed by atoms with Gasteiger partial charge in [-0.05, 0) is 108 Å². The molecule has 69 heavy (non-hydrogen) atoms. The minimum Gasteiger partial charge on any atom is -0.354 e. The van der Waals surface area contributed by atoms with Crippen molar-refractivity contribution in [1.82, 2.24) is 47.9 Å². The molecule has 0 aromatic heterocycles. The van der Waals surface area contributed by atoms with Crippen molar-refractivity contribution in [3.8, 4) is 0 Å². The SMILES string of the molecule is CC[C@H](C)CCCCC(=O)N[C@H](CCN)C(=O)N[C@H]1CCNC(=O)[C@H](CC(C)C)NC(=O)[C@H](CCN)NC(=O)[C@H](CCN)NC(=O)[C@H](CC(C)C)NC(=O)[C@@H](CC(C)C)NC(=O)[C@H](CCN)NC1=O. The van der Waals surface area contributed by atoms with Crippen LogP contribution in [0.15, 0.2) is 0 Å². The van der Waals surface area contributed by atoms with E-state index >= 15 is 0 Å². The fraction of sp³-hybridized carbons (Fsp3) is 0.809. The average Bonchev–Trinajstić information content (AvgIpc) is 3.27. The van der Waals surface area contributed by atoms with E-state index in [1.165, 1.54) is 0 Å². The fourth-order valence-electron chi connectivity index (χ4n) is 7.74. The van der Waals surface area contributed by atoms with E-state index < -0.39 is 95.6 Å². The molecule has 22 nitrogen and oxygen atoms in total. The zero-order chi connectivity index (χ0) is 52.2. The molecule has 396 valence electrons. The Hall–Kier alpha value is -4.93. The second-order valence-electron chi connectivity index (χ2n) is 19.6. The van der Waals surface area contributed by atoms with Gasteiger partial charge in [0.15, 0.2) is 0 Å². The molecule has 1 aliphatic heterocycles. The first-order valence-corrected chi connectivity index (χ1v) is 25.1. The summed E-state index contributed by atoms with van der Waals surface area (Å²) in [4.78, 5) is 125. The second kappa shape index (κ2) is 33.6. The summed E-state index contributed by atoms with van der Waals surface area (Å²) >= 11 is 0. The summed E-state index contributed by atoms with van der Waals surface area (Å²) in [6.07, 6.45) is 3.74. The molecule has 9 atom stereocenters. The molecule has 1 aliphatic rings. The molecule has 1 saturated heterocycles. The Morgan fingerprint density at radius 1 is 0.536 bits per heavy atom. The molecule has 0 spiro atoms. The minimum absolute atomic E-state index is 0.0267. The number of hydrogen-bond acceptors (Lipinski definition) is 13. The lowest BCUT2D eigenvalue weighted by molar-refractivity contribution is -0.136. The van der Waals surface area contributed by atoms with Crippen LogP contribution >= 0.6 is 0 Å². The molecular weight excluding hydrogens is 891 g/mol. The van der Waals surface area contributed by atoms with E-state index in [-0.39, 0.29) is 114 Å². The molecule has 0 bridgehead atoms. The van der Waals surface area contributed by atoms with Crippen LogP contribution in [-0.4, -0.2) is 134 Å². The number of amides is 9. The summed E-state index contributed by atoms with van der Waals surface area (Å²) in [6.45, 7) is 15.0. The maximum absolute atomic E-state index is 14.2. The van der Waals surface area contributed by atoms with Gasteiger partial charge >= 0.3 is 0 Å². The first kappa shape index (κ1) is 62.1. The quantitative estimate of drug-likeness (QED) is 0.0521. The van der Waals surface area contributed by atoms with Crippen molar-refractivity contribution in [2.75, 3.05) is 32.7 Å². The van der Waals surface area contributed by atoms with Gasteiger partial charge in [0, 0.05) is 13.0 Å². The molecule has 1 fully saturated rings. The third kappa shape index (κ3) is 24.5. The highest BCUT2D eigenvalue weighted by molar-refractivity contribution is 5.98. The minimum atomic E-state index is -1.39. The van der Waals surface area contributed by atoms with Gasteiger partial charge in [-0.15, -0.1) is 0 Å². The van der Waals surface area contributed by atoms with Crippen LogP contribution in [-0.2, 0) is 43.2 Å². The summed E-state index contributed by atoms with van der Waals surface area (Å²) in [6, 6.07) is -9.78. The lowest BCUT2D eigenvalue weighted by Gasteiger charge is -2.29. The van der Waals surface area contributed by atoms with Gasteiger partial charge in [0.25, 0.3) is 0 Å². The Balaban J connectivity index is 3.82. The summed E-state index contributed by atoms with van der Waals surface area (Å²) in [5.41, 5.74) is 23.5. The number of nitrogens with one attached hydrogen (secondary N) is 9. The van der Waals surface area contributed by atoms with Gasteiger partial charge in [0.05, 0.1) is 0 Å². The molecule has 0 aromatic rings. The predicted molar refractivity (Wildman–Crippen MR) is 264 cm³/mol. The monoisotopic (exact) mass is 980 g/mol. The van der Waals surface area contributed by atoms with Crippen molar-refractivity contribution in [3.63, 3.8) is 0 Å². The van der Waals surface area contributed by atoms with Crippen LogP contribution < -0.4 is 70.8 Å². The maximum Gasteiger partial charge on any atom is 0.243 e. The number of carbonyl (C=O) groups excluding carboxylic acids is 9. The van der Waals surface area contributed by atoms with Crippen molar-refractivity contribution in [2.45, 2.75) is 187 Å². The van der Waals surface area contributed by atoms with Crippen molar-refractivity contribution in [2.24, 2.45) is 46.6 Å². The van der Waals surface area contributed by atoms with E-state index in [9.17, 15) is 43.2 Å². The number of hydrogen-bond donors (Lipinski definition) is 13. The molecule has 0 unspecified atom stereocenters. The largest absolute Gasteiger partial charge is 0.354 e. The summed E-state index contributed by atoms with van der Waals surface area (Å²) in [5, 5.41) is 24.3. The van der Waals surface area contributed by atoms with Crippen LogP contribution in [0.2, 0.25) is 0 Å². The Bertz CT molecular complexity index is 1650. The van der Waals surface area contributed by atoms with Gasteiger partial charge in [-0.3, -0.25) is 43.2 Å². The molecule has 1 rings (SSSR count). The van der Waals surface area contributed by atoms with Gasteiger partial charge in [-0.1, -0.05) is 74.7 Å². The third-order valence-electron chi connectivity index (χ3n) is 11.8. The Kier molecular flexibility index (Phi) is 30.2. The molecule has 22 heteroatoms. The second-order valence-corrected chi connectivity index (χ2v) is 19.6. The van der Waals surface area contributed by atoms with E-state index in [4.69, 9.17) is 22.9 Å². The Labute approximate surface area is 409 Å². The highest BCUT2D eigenvalue weighted by Crippen LogP contribution is 2.14. The topological polar surface area (TPSA) is 366 Å². The van der Waals surface area contributed by atoms with E-state index in [2.05, 4.69) is 61.7 Å². The Morgan fingerprint density at radius 3 is 1.32 bits per heavy atom. The number of nitrogens with two attached hydrogens (primary N) is 4. The van der Waals surface area contributed by atoms with Gasteiger partial charge < -0.3 is 70.8 Å². The smallest absolute Gasteiger partial charge is 0.243 e. The third-order valence-corrected chi connectivity index (χ3v) is 11.8. The van der Waals surface area contributed by atoms with Crippen molar-refractivity contribution in [3.05, 3.63) is 0 Å². The van der Waals surface area contributed by atoms with E-state index in [1.807, 2.05) is 41.5 Å². The highest BCUT2D eigenvalue weighted by atomic mass is 16.2. The van der Waals surface area contributed by atoms with E-state index in [1.54, 1.807) is 0 Å². The van der Waals surface area contributed by atoms with Crippen LogP contribution in [0.1, 0.15) is 139 Å². The van der Waals surface area contributed by atoms with Gasteiger partial charge in [-0.25, -0.2) is 0 Å². The van der Waals surface area contributed by atoms with E-state index in [0.29, 0.717) is 12.3 Å². The molecule has 0 aliphatic carbocycles. The molecule has 0 radical (unpaired) electrons. The van der Waals surface area contributed by atoms with Crippen LogP contribution in [0.5, 0.6) is 0 Å². The van der Waals surface area contributed by atoms with Crippen LogP contribution in [0.25, 0.3) is 0 Å². The average molecular weight is 980 g/mol. The lowest BCUT2D eigenvalue weighted by Crippen LogP contribution is -2.60. The lowest BCUT2D eigenvalue weighted by atomic mass is 9.99. The van der Waals surface area contributed by atoms with Crippen LogP contribution in [0.4, 0.5) is 0 Å². The fourth-order valence-corrected chi connectivity index (χ4v) is 7.74. The van der Waals surface area contributed by atoms with Crippen LogP contribution in [0.3, 0.4) is 0 Å². The molecular formula is C47H89N13O9. The standard InChI is InChI=1S/C47H89N13O9/c1-9-30(8)12-10-11-13-39(61)53-31(14-19-48)41(63)57-35-18-23-52-40(62)36(24-27(2)3)58-43(65)33(16-21-50)54-42(64)32(15-20-49)56-46(68)37(25-28(4)5)60-47(69)38(26-29(6)7)59-44(66)34(17-22-51)55-45(35)67/h27-38H,9-26,48-51H2,1-8H3,(H,52,62)(H,53,61)(H,54,64)(H,55,67)(H,56,68)(H,57,63)(H,58,65)(H,59,66)(H,60,69)/t30-,31+,32-,33-,34-,35-,36-,37-,38+/m0/s1. The molecule has 0 saturated carbocycles. The van der Waals surface area contributed by atoms with Crippen molar-refractivity contribution >= 4 is 53.2 Å². The number of unbranched alkanes of at least 4 members (excludes halogenated alkanes) is 1. The van der Waals surface area contributed by atoms with Gasteiger partial charge in [0.1, 0.15) is 48.3 Å². The van der Waals surface area contributed by atoms with E-state index in [0.717, 1.165) is 19.3 Å². The first-order chi connectivity index (χ1) is 32.6. The van der Waals surface area contributed by atoms with Gasteiger partial charge in [-0.2, -0.15) is 0 Å². The van der Waals surface area contributed by atoms with Gasteiger partial charge in [0.2, 0.25) is 53.2 Å². The molecule has 0 aromatic carbocycles. The normalized spacial score (nSPS) is 24.0. The summed E-state index contributed by atoms with van der Waals surface area (Å²) < 4.78 is 0. The van der Waals surface area contributed by atoms with Crippen LogP contribution in [0, 0.1) is 23.7 Å². The van der Waals surface area contributed by atoms with Crippen molar-refractivity contribution in [1.29, 1.82) is 0 Å². The summed E-state index contributed by atoms with van der Waals surface area (Å²) in [7, 11) is 0. The zero-order valence-electron chi connectivity index (χ0n) is 42.6. The Morgan fingerprint density at radius 2 is 0.928 bits per heavy atom. The molecule has 1 heterocycles.